The van der Waals surface area contributed by atoms with Gasteiger partial charge in [-0.25, -0.2) is 0 Å². The van der Waals surface area contributed by atoms with Crippen molar-refractivity contribution in [1.82, 2.24) is 0 Å². The van der Waals surface area contributed by atoms with Crippen molar-refractivity contribution in [3.63, 3.8) is 0 Å². The molecule has 0 bridgehead atoms. The second kappa shape index (κ2) is 6.92. The molecule has 1 N–H and O–H groups in total. The molecule has 0 saturated heterocycles. The molecule has 2 aromatic carbocycles. The first-order valence-electron chi connectivity index (χ1n) is 7.00. The third-order valence-corrected chi connectivity index (χ3v) is 3.97. The Morgan fingerprint density at radius 2 is 1.60 bits per heavy atom. The highest BCUT2D eigenvalue weighted by Crippen LogP contribution is 2.22. The number of halogens is 1. The van der Waals surface area contributed by atoms with E-state index in [0.717, 1.165) is 29.0 Å². The Hall–Kier alpha value is -1.31. The number of hydrogen-bond acceptors (Lipinski definition) is 1. The first kappa shape index (κ1) is 15.1. The first-order chi connectivity index (χ1) is 9.58. The molecule has 1 nitrogen and oxygen atoms in total. The predicted octanol–water partition coefficient (Wildman–Crippen LogP) is 4.35. The summed E-state index contributed by atoms with van der Waals surface area (Å²) >= 11 is 6.27. The molecule has 0 aliphatic carbocycles. The molecule has 0 saturated carbocycles. The van der Waals surface area contributed by atoms with Gasteiger partial charge in [-0.05, 0) is 55.4 Å². The van der Waals surface area contributed by atoms with Crippen molar-refractivity contribution in [3.8, 4) is 0 Å². The fraction of sp³-hybridized carbons (Fsp3) is 0.333. The first-order valence-corrected chi connectivity index (χ1v) is 7.37. The van der Waals surface area contributed by atoms with Crippen LogP contribution in [0, 0.1) is 19.8 Å². The molecule has 0 heterocycles. The van der Waals surface area contributed by atoms with Crippen LogP contribution < -0.4 is 0 Å². The molecule has 0 amide bonds. The lowest BCUT2D eigenvalue weighted by Crippen LogP contribution is -2.13. The maximum atomic E-state index is 9.61. The maximum Gasteiger partial charge on any atom is 0.0465 e. The van der Waals surface area contributed by atoms with Crippen LogP contribution in [-0.2, 0) is 12.8 Å². The van der Waals surface area contributed by atoms with Gasteiger partial charge in [-0.1, -0.05) is 53.6 Å². The average molecular weight is 289 g/mol. The van der Waals surface area contributed by atoms with E-state index in [0.29, 0.717) is 0 Å². The van der Waals surface area contributed by atoms with Gasteiger partial charge in [0, 0.05) is 11.6 Å². The van der Waals surface area contributed by atoms with Crippen LogP contribution in [0.15, 0.2) is 42.5 Å². The van der Waals surface area contributed by atoms with Gasteiger partial charge in [-0.15, -0.1) is 0 Å². The highest BCUT2D eigenvalue weighted by atomic mass is 35.5. The summed E-state index contributed by atoms with van der Waals surface area (Å²) in [6, 6.07) is 14.6. The molecule has 20 heavy (non-hydrogen) atoms. The molecule has 0 aliphatic heterocycles. The minimum Gasteiger partial charge on any atom is -0.396 e. The Bertz CT molecular complexity index is 560. The second-order valence-corrected chi connectivity index (χ2v) is 5.94. The van der Waals surface area contributed by atoms with Crippen LogP contribution in [0.2, 0.25) is 5.02 Å². The van der Waals surface area contributed by atoms with Gasteiger partial charge in [0.05, 0.1) is 0 Å². The third-order valence-electron chi connectivity index (χ3n) is 3.62. The lowest BCUT2D eigenvalue weighted by Gasteiger charge is -2.15. The average Bonchev–Trinajstić information content (AvgIpc) is 2.43. The highest BCUT2D eigenvalue weighted by Gasteiger charge is 2.12. The number of hydrogen-bond donors (Lipinski definition) is 1. The number of rotatable bonds is 5. The summed E-state index contributed by atoms with van der Waals surface area (Å²) in [5.41, 5.74) is 4.80. The predicted molar refractivity (Wildman–Crippen MR) is 85.4 cm³/mol. The van der Waals surface area contributed by atoms with Gasteiger partial charge in [0.2, 0.25) is 0 Å². The van der Waals surface area contributed by atoms with Crippen LogP contribution in [0.5, 0.6) is 0 Å². The highest BCUT2D eigenvalue weighted by molar-refractivity contribution is 6.31. The Balaban J connectivity index is 2.07. The van der Waals surface area contributed by atoms with Crippen molar-refractivity contribution in [3.05, 3.63) is 69.7 Å². The second-order valence-electron chi connectivity index (χ2n) is 5.54. The minimum absolute atomic E-state index is 0.179. The normalized spacial score (nSPS) is 12.4. The molecule has 2 aromatic rings. The van der Waals surface area contributed by atoms with Gasteiger partial charge in [-0.3, -0.25) is 0 Å². The van der Waals surface area contributed by atoms with Crippen LogP contribution in [0.4, 0.5) is 0 Å². The van der Waals surface area contributed by atoms with Crippen molar-refractivity contribution >= 4 is 11.6 Å². The number of aliphatic hydroxyl groups excluding tert-OH is 1. The van der Waals surface area contributed by atoms with Gasteiger partial charge in [0.25, 0.3) is 0 Å². The molecule has 0 spiro atoms. The zero-order valence-corrected chi connectivity index (χ0v) is 12.8. The summed E-state index contributed by atoms with van der Waals surface area (Å²) in [6.07, 6.45) is 1.68. The molecular weight excluding hydrogens is 268 g/mol. The standard InChI is InChI=1S/C18H21ClO/c1-13-3-6-15(7-4-13)10-16(12-20)11-17-8-5-14(2)9-18(17)19/h3-9,16,20H,10-12H2,1-2H3. The van der Waals surface area contributed by atoms with Gasteiger partial charge < -0.3 is 5.11 Å². The van der Waals surface area contributed by atoms with Crippen molar-refractivity contribution < 1.29 is 5.11 Å². The zero-order valence-electron chi connectivity index (χ0n) is 12.1. The maximum absolute atomic E-state index is 9.61. The molecule has 0 radical (unpaired) electrons. The monoisotopic (exact) mass is 288 g/mol. The minimum atomic E-state index is 0.179. The van der Waals surface area contributed by atoms with E-state index in [2.05, 4.69) is 43.3 Å². The van der Waals surface area contributed by atoms with Crippen LogP contribution >= 0.6 is 11.6 Å². The van der Waals surface area contributed by atoms with E-state index >= 15 is 0 Å². The third kappa shape index (κ3) is 4.09. The van der Waals surface area contributed by atoms with Crippen LogP contribution in [0.25, 0.3) is 0 Å². The van der Waals surface area contributed by atoms with Crippen molar-refractivity contribution in [1.29, 1.82) is 0 Å². The molecule has 1 unspecified atom stereocenters. The Kier molecular flexibility index (Phi) is 5.22. The van der Waals surface area contributed by atoms with Crippen molar-refractivity contribution in [2.75, 3.05) is 6.61 Å². The van der Waals surface area contributed by atoms with E-state index < -0.39 is 0 Å². The molecule has 0 aromatic heterocycles. The largest absolute Gasteiger partial charge is 0.396 e. The molecule has 0 aliphatic rings. The van der Waals surface area contributed by atoms with E-state index in [9.17, 15) is 5.11 Å². The van der Waals surface area contributed by atoms with Crippen molar-refractivity contribution in [2.24, 2.45) is 5.92 Å². The van der Waals surface area contributed by atoms with E-state index in [-0.39, 0.29) is 12.5 Å². The molecule has 2 heteroatoms. The van der Waals surface area contributed by atoms with Crippen LogP contribution in [-0.4, -0.2) is 11.7 Å². The topological polar surface area (TPSA) is 20.2 Å². The Morgan fingerprint density at radius 1 is 0.950 bits per heavy atom. The van der Waals surface area contributed by atoms with Gasteiger partial charge in [0.1, 0.15) is 0 Å². The lowest BCUT2D eigenvalue weighted by atomic mass is 9.92. The van der Waals surface area contributed by atoms with E-state index in [1.807, 2.05) is 13.0 Å². The van der Waals surface area contributed by atoms with Gasteiger partial charge in [0.15, 0.2) is 0 Å². The molecular formula is C18H21ClO. The number of aryl methyl sites for hydroxylation is 2. The smallest absolute Gasteiger partial charge is 0.0465 e. The molecule has 0 fully saturated rings. The Morgan fingerprint density at radius 3 is 2.20 bits per heavy atom. The van der Waals surface area contributed by atoms with E-state index in [1.165, 1.54) is 11.1 Å². The summed E-state index contributed by atoms with van der Waals surface area (Å²) in [6.45, 7) is 4.29. The number of benzene rings is 2. The summed E-state index contributed by atoms with van der Waals surface area (Å²) in [5, 5.41) is 10.4. The quantitative estimate of drug-likeness (QED) is 0.867. The summed E-state index contributed by atoms with van der Waals surface area (Å²) in [5.74, 6) is 0.206. The molecule has 1 atom stereocenters. The Labute approximate surface area is 126 Å². The van der Waals surface area contributed by atoms with Crippen LogP contribution in [0.3, 0.4) is 0 Å². The summed E-state index contributed by atoms with van der Waals surface area (Å²) < 4.78 is 0. The fourth-order valence-electron chi connectivity index (χ4n) is 2.39. The number of aliphatic hydroxyl groups is 1. The zero-order chi connectivity index (χ0) is 14.5. The fourth-order valence-corrected chi connectivity index (χ4v) is 2.70. The van der Waals surface area contributed by atoms with E-state index in [1.54, 1.807) is 0 Å². The van der Waals surface area contributed by atoms with Gasteiger partial charge >= 0.3 is 0 Å². The summed E-state index contributed by atoms with van der Waals surface area (Å²) in [4.78, 5) is 0. The van der Waals surface area contributed by atoms with E-state index in [4.69, 9.17) is 11.6 Å². The van der Waals surface area contributed by atoms with Crippen molar-refractivity contribution in [2.45, 2.75) is 26.7 Å². The summed E-state index contributed by atoms with van der Waals surface area (Å²) in [7, 11) is 0. The molecule has 2 rings (SSSR count). The van der Waals surface area contributed by atoms with Crippen LogP contribution in [0.1, 0.15) is 22.3 Å². The lowest BCUT2D eigenvalue weighted by molar-refractivity contribution is 0.225. The van der Waals surface area contributed by atoms with Gasteiger partial charge in [-0.2, -0.15) is 0 Å². The molecule has 106 valence electrons. The SMILES string of the molecule is Cc1ccc(CC(CO)Cc2ccc(C)cc2Cl)cc1.